The zero-order chi connectivity index (χ0) is 9.84. The van der Waals surface area contributed by atoms with Gasteiger partial charge in [-0.1, -0.05) is 13.8 Å². The fourth-order valence-corrected chi connectivity index (χ4v) is 0.679. The fraction of sp³-hybridized carbons (Fsp3) is 0.500. The van der Waals surface area contributed by atoms with E-state index < -0.39 is 0 Å². The van der Waals surface area contributed by atoms with E-state index in [9.17, 15) is 4.79 Å². The minimum atomic E-state index is -0.328. The number of carbonyl (C=O) groups excluding carboxylic acids is 1. The number of esters is 1. The molecule has 0 amide bonds. The second-order valence-electron chi connectivity index (χ2n) is 2.86. The average molecular weight is 184 g/mol. The van der Waals surface area contributed by atoms with Crippen molar-refractivity contribution < 1.29 is 14.1 Å². The number of nitrogens with one attached hydrogen (secondary N) is 1. The molecular weight excluding hydrogens is 172 g/mol. The molecule has 5 nitrogen and oxygen atoms in total. The molecule has 1 N–H and O–H groups in total. The van der Waals surface area contributed by atoms with E-state index in [-0.39, 0.29) is 17.8 Å². The summed E-state index contributed by atoms with van der Waals surface area (Å²) in [7, 11) is 1.69. The molecule has 0 saturated carbocycles. The summed E-state index contributed by atoms with van der Waals surface area (Å²) in [6, 6.07) is 0. The predicted octanol–water partition coefficient (Wildman–Crippen LogP) is 1.28. The Morgan fingerprint density at radius 1 is 1.69 bits per heavy atom. The van der Waals surface area contributed by atoms with Crippen molar-refractivity contribution in [3.63, 3.8) is 0 Å². The third-order valence-electron chi connectivity index (χ3n) is 1.47. The molecule has 1 aromatic heterocycles. The van der Waals surface area contributed by atoms with E-state index in [2.05, 4.69) is 15.0 Å². The molecule has 0 spiro atoms. The Labute approximate surface area is 76.0 Å². The van der Waals surface area contributed by atoms with Crippen molar-refractivity contribution >= 4 is 11.7 Å². The van der Waals surface area contributed by atoms with E-state index >= 15 is 0 Å². The Kier molecular flexibility index (Phi) is 2.89. The molecule has 0 atom stereocenters. The topological polar surface area (TPSA) is 64.4 Å². The van der Waals surface area contributed by atoms with Crippen molar-refractivity contribution in [1.82, 2.24) is 5.16 Å². The summed E-state index contributed by atoms with van der Waals surface area (Å²) in [5, 5.41) is 6.32. The van der Waals surface area contributed by atoms with Crippen LogP contribution in [0.3, 0.4) is 0 Å². The van der Waals surface area contributed by atoms with Crippen LogP contribution in [0, 0.1) is 5.92 Å². The zero-order valence-electron chi connectivity index (χ0n) is 7.83. The lowest BCUT2D eigenvalue weighted by molar-refractivity contribution is -0.138. The molecule has 0 saturated heterocycles. The highest BCUT2D eigenvalue weighted by Crippen LogP contribution is 2.21. The van der Waals surface area contributed by atoms with E-state index in [0.29, 0.717) is 5.69 Å². The van der Waals surface area contributed by atoms with Crippen LogP contribution in [0.5, 0.6) is 5.88 Å². The highest BCUT2D eigenvalue weighted by atomic mass is 16.6. The number of aromatic nitrogens is 1. The van der Waals surface area contributed by atoms with Gasteiger partial charge in [0.15, 0.2) is 6.26 Å². The van der Waals surface area contributed by atoms with Crippen molar-refractivity contribution in [3.8, 4) is 5.88 Å². The Balaban J connectivity index is 2.68. The van der Waals surface area contributed by atoms with E-state index in [4.69, 9.17) is 4.74 Å². The molecule has 1 heterocycles. The molecule has 13 heavy (non-hydrogen) atoms. The first-order chi connectivity index (χ1) is 6.15. The van der Waals surface area contributed by atoms with E-state index in [1.807, 2.05) is 0 Å². The highest BCUT2D eigenvalue weighted by Gasteiger charge is 2.15. The summed E-state index contributed by atoms with van der Waals surface area (Å²) in [4.78, 5) is 11.1. The number of ether oxygens (including phenoxy) is 1. The summed E-state index contributed by atoms with van der Waals surface area (Å²) in [6.45, 7) is 3.50. The molecule has 5 heteroatoms. The van der Waals surface area contributed by atoms with Crippen LogP contribution in [0.4, 0.5) is 5.69 Å². The minimum absolute atomic E-state index is 0.179. The summed E-state index contributed by atoms with van der Waals surface area (Å²) in [6.07, 6.45) is 1.38. The molecule has 0 aromatic carbocycles. The van der Waals surface area contributed by atoms with Gasteiger partial charge in [0.2, 0.25) is 0 Å². The zero-order valence-corrected chi connectivity index (χ0v) is 7.83. The lowest BCUT2D eigenvalue weighted by Gasteiger charge is -2.03. The average Bonchev–Trinajstić information content (AvgIpc) is 2.51. The normalized spacial score (nSPS) is 10.2. The summed E-state index contributed by atoms with van der Waals surface area (Å²) >= 11 is 0. The van der Waals surface area contributed by atoms with Gasteiger partial charge in [-0.2, -0.15) is 0 Å². The summed E-state index contributed by atoms with van der Waals surface area (Å²) in [5.41, 5.74) is 0.564. The van der Waals surface area contributed by atoms with Crippen molar-refractivity contribution in [2.24, 2.45) is 5.92 Å². The molecule has 0 bridgehead atoms. The van der Waals surface area contributed by atoms with E-state index in [1.54, 1.807) is 20.9 Å². The number of carbonyl (C=O) groups is 1. The molecule has 0 unspecified atom stereocenters. The smallest absolute Gasteiger partial charge is 0.315 e. The van der Waals surface area contributed by atoms with Gasteiger partial charge in [-0.05, 0) is 5.16 Å². The number of rotatable bonds is 3. The summed E-state index contributed by atoms with van der Waals surface area (Å²) < 4.78 is 9.56. The summed E-state index contributed by atoms with van der Waals surface area (Å²) in [5.74, 6) is -0.326. The Morgan fingerprint density at radius 3 is 2.92 bits per heavy atom. The van der Waals surface area contributed by atoms with Crippen molar-refractivity contribution in [3.05, 3.63) is 6.26 Å². The quantitative estimate of drug-likeness (QED) is 0.717. The van der Waals surface area contributed by atoms with Gasteiger partial charge in [-0.3, -0.25) is 4.79 Å². The maximum absolute atomic E-state index is 11.1. The van der Waals surface area contributed by atoms with Gasteiger partial charge < -0.3 is 14.6 Å². The largest absolute Gasteiger partial charge is 0.402 e. The molecular formula is C8H12N2O3. The Morgan fingerprint density at radius 2 is 2.38 bits per heavy atom. The number of nitrogens with zero attached hydrogens (tertiary/aromatic N) is 1. The molecule has 0 radical (unpaired) electrons. The van der Waals surface area contributed by atoms with Crippen molar-refractivity contribution in [1.29, 1.82) is 0 Å². The van der Waals surface area contributed by atoms with Crippen LogP contribution in [-0.4, -0.2) is 18.2 Å². The second-order valence-corrected chi connectivity index (χ2v) is 2.86. The number of hydrogen-bond acceptors (Lipinski definition) is 5. The minimum Gasteiger partial charge on any atom is -0.402 e. The van der Waals surface area contributed by atoms with Crippen LogP contribution in [0.15, 0.2) is 10.8 Å². The third-order valence-corrected chi connectivity index (χ3v) is 1.47. The van der Waals surface area contributed by atoms with Crippen molar-refractivity contribution in [2.45, 2.75) is 13.8 Å². The van der Waals surface area contributed by atoms with Crippen LogP contribution in [-0.2, 0) is 4.79 Å². The maximum atomic E-state index is 11.1. The first-order valence-corrected chi connectivity index (χ1v) is 3.99. The number of hydrogen-bond donors (Lipinski definition) is 1. The van der Waals surface area contributed by atoms with Gasteiger partial charge >= 0.3 is 5.97 Å². The highest BCUT2D eigenvalue weighted by molar-refractivity contribution is 5.75. The fourth-order valence-electron chi connectivity index (χ4n) is 0.679. The SMILES string of the molecule is CNc1conc1OC(=O)C(C)C. The second kappa shape index (κ2) is 3.93. The number of anilines is 1. The van der Waals surface area contributed by atoms with Gasteiger partial charge in [-0.25, -0.2) is 0 Å². The monoisotopic (exact) mass is 184 g/mol. The van der Waals surface area contributed by atoms with Crippen LogP contribution < -0.4 is 10.1 Å². The molecule has 0 aliphatic heterocycles. The lowest BCUT2D eigenvalue weighted by atomic mass is 10.2. The molecule has 1 aromatic rings. The van der Waals surface area contributed by atoms with E-state index in [0.717, 1.165) is 0 Å². The van der Waals surface area contributed by atoms with Gasteiger partial charge in [-0.15, -0.1) is 0 Å². The van der Waals surface area contributed by atoms with Crippen molar-refractivity contribution in [2.75, 3.05) is 12.4 Å². The molecule has 0 fully saturated rings. The molecule has 1 rings (SSSR count). The molecule has 0 aliphatic rings. The first kappa shape index (κ1) is 9.57. The van der Waals surface area contributed by atoms with Gasteiger partial charge in [0, 0.05) is 7.05 Å². The Bertz CT molecular complexity index is 293. The lowest BCUT2D eigenvalue weighted by Crippen LogP contribution is -2.15. The maximum Gasteiger partial charge on any atom is 0.315 e. The van der Waals surface area contributed by atoms with Crippen LogP contribution in [0.2, 0.25) is 0 Å². The van der Waals surface area contributed by atoms with Gasteiger partial charge in [0.1, 0.15) is 5.69 Å². The van der Waals surface area contributed by atoms with Gasteiger partial charge in [0.05, 0.1) is 5.92 Å². The predicted molar refractivity (Wildman–Crippen MR) is 46.5 cm³/mol. The van der Waals surface area contributed by atoms with Crippen LogP contribution >= 0.6 is 0 Å². The van der Waals surface area contributed by atoms with Crippen LogP contribution in [0.25, 0.3) is 0 Å². The van der Waals surface area contributed by atoms with E-state index in [1.165, 1.54) is 6.26 Å². The van der Waals surface area contributed by atoms with Gasteiger partial charge in [0.25, 0.3) is 5.88 Å². The first-order valence-electron chi connectivity index (χ1n) is 3.99. The van der Waals surface area contributed by atoms with Crippen LogP contribution in [0.1, 0.15) is 13.8 Å². The Hall–Kier alpha value is -1.52. The molecule has 0 aliphatic carbocycles. The standard InChI is InChI=1S/C8H12N2O3/c1-5(2)8(11)13-7-6(9-3)4-12-10-7/h4-5,9H,1-3H3. The third kappa shape index (κ3) is 2.21. The molecule has 72 valence electrons.